The van der Waals surface area contributed by atoms with Crippen LogP contribution in [0.1, 0.15) is 33.6 Å². The molecule has 4 heteroatoms. The van der Waals surface area contributed by atoms with Gasteiger partial charge in [-0.2, -0.15) is 0 Å². The van der Waals surface area contributed by atoms with Crippen LogP contribution in [0.3, 0.4) is 0 Å². The Labute approximate surface area is 105 Å². The van der Waals surface area contributed by atoms with Gasteiger partial charge in [-0.05, 0) is 32.5 Å². The average molecular weight is 241 g/mol. The van der Waals surface area contributed by atoms with Gasteiger partial charge in [0.05, 0.1) is 0 Å². The highest BCUT2D eigenvalue weighted by molar-refractivity contribution is 5.77. The van der Waals surface area contributed by atoms with Gasteiger partial charge in [-0.15, -0.1) is 0 Å². The third-order valence-corrected chi connectivity index (χ3v) is 3.42. The molecule has 0 saturated carbocycles. The molecule has 0 aromatic carbocycles. The van der Waals surface area contributed by atoms with Gasteiger partial charge in [-0.25, -0.2) is 0 Å². The summed E-state index contributed by atoms with van der Waals surface area (Å²) in [6.45, 7) is 11.2. The molecule has 100 valence electrons. The van der Waals surface area contributed by atoms with E-state index in [2.05, 4.69) is 22.5 Å². The quantitative estimate of drug-likeness (QED) is 0.677. The number of likely N-dealkylation sites (tertiary alicyclic amines) is 1. The fourth-order valence-electron chi connectivity index (χ4n) is 2.12. The van der Waals surface area contributed by atoms with Gasteiger partial charge in [0.2, 0.25) is 5.91 Å². The van der Waals surface area contributed by atoms with Gasteiger partial charge in [-0.3, -0.25) is 4.79 Å². The van der Waals surface area contributed by atoms with Gasteiger partial charge in [0.15, 0.2) is 0 Å². The molecule has 1 heterocycles. The number of rotatable bonds is 6. The maximum absolute atomic E-state index is 11.3. The van der Waals surface area contributed by atoms with E-state index < -0.39 is 0 Å². The van der Waals surface area contributed by atoms with Crippen molar-refractivity contribution in [1.29, 1.82) is 0 Å². The van der Waals surface area contributed by atoms with Gasteiger partial charge in [0.25, 0.3) is 0 Å². The van der Waals surface area contributed by atoms with Crippen LogP contribution in [0, 0.1) is 5.92 Å². The van der Waals surface area contributed by atoms with E-state index in [-0.39, 0.29) is 11.8 Å². The summed E-state index contributed by atoms with van der Waals surface area (Å²) in [4.78, 5) is 13.8. The molecule has 0 aromatic rings. The predicted molar refractivity (Wildman–Crippen MR) is 71.0 cm³/mol. The Balaban J connectivity index is 2.02. The van der Waals surface area contributed by atoms with Crippen molar-refractivity contribution in [3.63, 3.8) is 0 Å². The van der Waals surface area contributed by atoms with E-state index in [1.54, 1.807) is 0 Å². The number of nitrogens with zero attached hydrogens (tertiary/aromatic N) is 1. The summed E-state index contributed by atoms with van der Waals surface area (Å²) in [7, 11) is 0. The van der Waals surface area contributed by atoms with Crippen molar-refractivity contribution < 1.29 is 4.79 Å². The van der Waals surface area contributed by atoms with Crippen molar-refractivity contribution in [2.45, 2.75) is 39.7 Å². The zero-order chi connectivity index (χ0) is 12.7. The topological polar surface area (TPSA) is 44.4 Å². The van der Waals surface area contributed by atoms with E-state index in [4.69, 9.17) is 0 Å². The van der Waals surface area contributed by atoms with Gasteiger partial charge in [0, 0.05) is 25.0 Å². The lowest BCUT2D eigenvalue weighted by Crippen LogP contribution is -2.44. The Morgan fingerprint density at radius 3 is 2.47 bits per heavy atom. The molecule has 0 aliphatic carbocycles. The van der Waals surface area contributed by atoms with Crippen molar-refractivity contribution in [1.82, 2.24) is 15.5 Å². The number of piperidine rings is 1. The lowest BCUT2D eigenvalue weighted by Gasteiger charge is -2.31. The molecule has 17 heavy (non-hydrogen) atoms. The minimum absolute atomic E-state index is 0.0859. The van der Waals surface area contributed by atoms with E-state index in [1.165, 1.54) is 25.9 Å². The van der Waals surface area contributed by atoms with Crippen molar-refractivity contribution in [2.24, 2.45) is 5.92 Å². The number of nitrogens with one attached hydrogen (secondary N) is 2. The molecule has 1 saturated heterocycles. The highest BCUT2D eigenvalue weighted by Gasteiger charge is 2.17. The molecule has 0 radical (unpaired) electrons. The Bertz CT molecular complexity index is 223. The van der Waals surface area contributed by atoms with E-state index in [9.17, 15) is 4.79 Å². The molecule has 0 atom stereocenters. The summed E-state index contributed by atoms with van der Waals surface area (Å²) >= 11 is 0. The number of hydrogen-bond acceptors (Lipinski definition) is 3. The minimum atomic E-state index is 0.0859. The second kappa shape index (κ2) is 7.67. The van der Waals surface area contributed by atoms with Crippen LogP contribution >= 0.6 is 0 Å². The third-order valence-electron chi connectivity index (χ3n) is 3.42. The SMILES string of the molecule is CCN1CCC(NCCNC(=O)C(C)C)CC1. The molecule has 4 nitrogen and oxygen atoms in total. The van der Waals surface area contributed by atoms with Gasteiger partial charge in [0.1, 0.15) is 0 Å². The molecule has 0 bridgehead atoms. The lowest BCUT2D eigenvalue weighted by atomic mass is 10.1. The molecule has 1 aliphatic heterocycles. The Hall–Kier alpha value is -0.610. The summed E-state index contributed by atoms with van der Waals surface area (Å²) in [5.41, 5.74) is 0. The molecule has 0 aromatic heterocycles. The van der Waals surface area contributed by atoms with Crippen molar-refractivity contribution in [2.75, 3.05) is 32.7 Å². The summed E-state index contributed by atoms with van der Waals surface area (Å²) in [5, 5.41) is 6.45. The van der Waals surface area contributed by atoms with E-state index in [0.717, 1.165) is 19.6 Å². The predicted octanol–water partition coefficient (Wildman–Crippen LogP) is 0.833. The smallest absolute Gasteiger partial charge is 0.222 e. The Morgan fingerprint density at radius 1 is 1.29 bits per heavy atom. The number of hydrogen-bond donors (Lipinski definition) is 2. The third kappa shape index (κ3) is 5.50. The largest absolute Gasteiger partial charge is 0.355 e. The molecule has 0 spiro atoms. The van der Waals surface area contributed by atoms with Crippen LogP contribution in [-0.2, 0) is 4.79 Å². The molecule has 1 fully saturated rings. The molecular formula is C13H27N3O. The summed E-state index contributed by atoms with van der Waals surface area (Å²) < 4.78 is 0. The van der Waals surface area contributed by atoms with E-state index in [0.29, 0.717) is 6.04 Å². The highest BCUT2D eigenvalue weighted by Crippen LogP contribution is 2.09. The van der Waals surface area contributed by atoms with E-state index in [1.807, 2.05) is 13.8 Å². The summed E-state index contributed by atoms with van der Waals surface area (Å²) in [6.07, 6.45) is 2.46. The van der Waals surface area contributed by atoms with Crippen LogP contribution in [0.25, 0.3) is 0 Å². The standard InChI is InChI=1S/C13H27N3O/c1-4-16-9-5-12(6-10-16)14-7-8-15-13(17)11(2)3/h11-12,14H,4-10H2,1-3H3,(H,15,17). The molecule has 1 aliphatic rings. The monoisotopic (exact) mass is 241 g/mol. The minimum Gasteiger partial charge on any atom is -0.355 e. The Kier molecular flexibility index (Phi) is 6.52. The normalized spacial score (nSPS) is 18.6. The first-order chi connectivity index (χ1) is 8.13. The maximum atomic E-state index is 11.3. The maximum Gasteiger partial charge on any atom is 0.222 e. The van der Waals surface area contributed by atoms with Crippen LogP contribution in [0.2, 0.25) is 0 Å². The van der Waals surface area contributed by atoms with Crippen molar-refractivity contribution in [3.8, 4) is 0 Å². The van der Waals surface area contributed by atoms with Crippen LogP contribution in [0.15, 0.2) is 0 Å². The number of carbonyl (C=O) groups is 1. The average Bonchev–Trinajstić information content (AvgIpc) is 2.35. The van der Waals surface area contributed by atoms with Crippen LogP contribution in [-0.4, -0.2) is 49.6 Å². The highest BCUT2D eigenvalue weighted by atomic mass is 16.1. The fraction of sp³-hybridized carbons (Fsp3) is 0.923. The second-order valence-electron chi connectivity index (χ2n) is 5.11. The first-order valence-corrected chi connectivity index (χ1v) is 6.87. The Morgan fingerprint density at radius 2 is 1.94 bits per heavy atom. The second-order valence-corrected chi connectivity index (χ2v) is 5.11. The van der Waals surface area contributed by atoms with E-state index >= 15 is 0 Å². The lowest BCUT2D eigenvalue weighted by molar-refractivity contribution is -0.123. The van der Waals surface area contributed by atoms with Crippen molar-refractivity contribution >= 4 is 5.91 Å². The number of amides is 1. The van der Waals surface area contributed by atoms with Crippen LogP contribution in [0.4, 0.5) is 0 Å². The molecule has 1 amide bonds. The summed E-state index contributed by atoms with van der Waals surface area (Å²) in [5.74, 6) is 0.232. The van der Waals surface area contributed by atoms with Gasteiger partial charge in [-0.1, -0.05) is 20.8 Å². The first-order valence-electron chi connectivity index (χ1n) is 6.87. The summed E-state index contributed by atoms with van der Waals surface area (Å²) in [6, 6.07) is 0.633. The molecule has 1 rings (SSSR count). The zero-order valence-electron chi connectivity index (χ0n) is 11.5. The first kappa shape index (κ1) is 14.5. The van der Waals surface area contributed by atoms with Crippen LogP contribution in [0.5, 0.6) is 0 Å². The fourth-order valence-corrected chi connectivity index (χ4v) is 2.12. The molecular weight excluding hydrogens is 214 g/mol. The van der Waals surface area contributed by atoms with Crippen molar-refractivity contribution in [3.05, 3.63) is 0 Å². The number of carbonyl (C=O) groups excluding carboxylic acids is 1. The van der Waals surface area contributed by atoms with Gasteiger partial charge < -0.3 is 15.5 Å². The molecule has 0 unspecified atom stereocenters. The van der Waals surface area contributed by atoms with Gasteiger partial charge >= 0.3 is 0 Å². The molecule has 2 N–H and O–H groups in total. The van der Waals surface area contributed by atoms with Crippen LogP contribution < -0.4 is 10.6 Å². The zero-order valence-corrected chi connectivity index (χ0v) is 11.5.